The van der Waals surface area contributed by atoms with Gasteiger partial charge in [0, 0.05) is 6.54 Å². The molecule has 0 aromatic carbocycles. The number of aliphatic hydroxyl groups is 1. The summed E-state index contributed by atoms with van der Waals surface area (Å²) in [5, 5.41) is 11.4. The summed E-state index contributed by atoms with van der Waals surface area (Å²) in [6, 6.07) is 0. The van der Waals surface area contributed by atoms with Crippen molar-refractivity contribution in [2.45, 2.75) is 111 Å². The van der Waals surface area contributed by atoms with Crippen LogP contribution in [0.1, 0.15) is 111 Å². The Morgan fingerprint density at radius 1 is 0.593 bits per heavy atom. The molecule has 0 radical (unpaired) electrons. The minimum absolute atomic E-state index is 0.254. The molecule has 0 heterocycles. The molecule has 0 aromatic rings. The van der Waals surface area contributed by atoms with Crippen LogP contribution in [-0.4, -0.2) is 42.3 Å². The smallest absolute Gasteiger partial charge is 0.394 e. The van der Waals surface area contributed by atoms with E-state index >= 15 is 0 Å². The predicted molar refractivity (Wildman–Crippen MR) is 116 cm³/mol. The highest BCUT2D eigenvalue weighted by molar-refractivity contribution is 7.79. The molecule has 0 bridgehead atoms. The molecule has 0 atom stereocenters. The van der Waals surface area contributed by atoms with E-state index in [-0.39, 0.29) is 6.61 Å². The Kier molecular flexibility index (Phi) is 32.7. The van der Waals surface area contributed by atoms with E-state index in [1.165, 1.54) is 89.9 Å². The fourth-order valence-electron chi connectivity index (χ4n) is 2.42. The number of hydrogen-bond acceptors (Lipinski definition) is 4. The Bertz CT molecular complexity index is 311. The Hall–Kier alpha value is -0.210. The van der Waals surface area contributed by atoms with Crippen LogP contribution in [0, 0.1) is 0 Å². The van der Waals surface area contributed by atoms with Gasteiger partial charge in [0.1, 0.15) is 0 Å². The zero-order valence-corrected chi connectivity index (χ0v) is 18.9. The average molecular weight is 414 g/mol. The first-order valence-corrected chi connectivity index (χ1v) is 12.2. The molecule has 0 unspecified atom stereocenters. The molecule has 0 aromatic heterocycles. The highest BCUT2D eigenvalue weighted by Gasteiger charge is 1.91. The van der Waals surface area contributed by atoms with Gasteiger partial charge >= 0.3 is 10.4 Å². The molecule has 4 N–H and O–H groups in total. The van der Waals surface area contributed by atoms with Gasteiger partial charge in [-0.3, -0.25) is 9.11 Å². The molecule has 0 amide bonds. The standard InChI is InChI=1S/C14H30.C6H15NO.H2O4S/c1-3-5-7-9-11-13-14-12-10-8-6-4-2;1-2-3-4-7-5-6-8;1-5(2,3)4/h3-14H2,1-2H3;7-8H,2-6H2,1H3;(H2,1,2,3,4). The average Bonchev–Trinajstić information content (AvgIpc) is 2.60. The van der Waals surface area contributed by atoms with Crippen LogP contribution in [0.5, 0.6) is 0 Å². The van der Waals surface area contributed by atoms with E-state index in [4.69, 9.17) is 22.6 Å². The predicted octanol–water partition coefficient (Wildman–Crippen LogP) is 5.42. The molecular formula is C20H47NO5S. The van der Waals surface area contributed by atoms with Gasteiger partial charge in [0.25, 0.3) is 0 Å². The summed E-state index contributed by atoms with van der Waals surface area (Å²) in [5.41, 5.74) is 0. The second-order valence-corrected chi connectivity index (χ2v) is 7.71. The lowest BCUT2D eigenvalue weighted by molar-refractivity contribution is 0.292. The van der Waals surface area contributed by atoms with Crippen LogP contribution < -0.4 is 5.32 Å². The van der Waals surface area contributed by atoms with E-state index in [1.54, 1.807) is 0 Å². The van der Waals surface area contributed by atoms with Crippen molar-refractivity contribution in [3.63, 3.8) is 0 Å². The van der Waals surface area contributed by atoms with Gasteiger partial charge in [0.05, 0.1) is 6.61 Å². The molecule has 0 aliphatic heterocycles. The highest BCUT2D eigenvalue weighted by Crippen LogP contribution is 2.11. The second kappa shape index (κ2) is 28.0. The molecule has 7 heteroatoms. The van der Waals surface area contributed by atoms with Crippen LogP contribution in [0.4, 0.5) is 0 Å². The summed E-state index contributed by atoms with van der Waals surface area (Å²) in [7, 11) is -4.67. The maximum Gasteiger partial charge on any atom is 0.394 e. The van der Waals surface area contributed by atoms with Crippen LogP contribution in [0.3, 0.4) is 0 Å². The zero-order chi connectivity index (χ0) is 21.2. The van der Waals surface area contributed by atoms with E-state index in [9.17, 15) is 0 Å². The van der Waals surface area contributed by atoms with E-state index in [0.717, 1.165) is 13.1 Å². The van der Waals surface area contributed by atoms with E-state index in [2.05, 4.69) is 26.1 Å². The summed E-state index contributed by atoms with van der Waals surface area (Å²) in [5.74, 6) is 0. The molecule has 0 saturated heterocycles. The van der Waals surface area contributed by atoms with Crippen molar-refractivity contribution in [3.8, 4) is 0 Å². The van der Waals surface area contributed by atoms with Gasteiger partial charge in [-0.1, -0.05) is 104 Å². The third kappa shape index (κ3) is 58.5. The molecule has 0 spiro atoms. The van der Waals surface area contributed by atoms with Crippen molar-refractivity contribution < 1.29 is 22.6 Å². The van der Waals surface area contributed by atoms with Gasteiger partial charge < -0.3 is 10.4 Å². The van der Waals surface area contributed by atoms with Crippen LogP contribution in [0.2, 0.25) is 0 Å². The van der Waals surface area contributed by atoms with Crippen LogP contribution in [0.15, 0.2) is 0 Å². The van der Waals surface area contributed by atoms with Crippen molar-refractivity contribution in [2.24, 2.45) is 0 Å². The minimum atomic E-state index is -4.67. The lowest BCUT2D eigenvalue weighted by atomic mass is 10.1. The van der Waals surface area contributed by atoms with Crippen molar-refractivity contribution >= 4 is 10.4 Å². The first-order valence-electron chi connectivity index (χ1n) is 10.8. The lowest BCUT2D eigenvalue weighted by Crippen LogP contribution is -2.18. The van der Waals surface area contributed by atoms with Gasteiger partial charge in [0.15, 0.2) is 0 Å². The molecule has 27 heavy (non-hydrogen) atoms. The number of aliphatic hydroxyl groups excluding tert-OH is 1. The first kappa shape index (κ1) is 31.5. The summed E-state index contributed by atoms with van der Waals surface area (Å²) in [4.78, 5) is 0. The van der Waals surface area contributed by atoms with Gasteiger partial charge in [-0.25, -0.2) is 0 Å². The zero-order valence-electron chi connectivity index (χ0n) is 18.1. The first-order chi connectivity index (χ1) is 12.8. The summed E-state index contributed by atoms with van der Waals surface area (Å²) >= 11 is 0. The molecule has 6 nitrogen and oxygen atoms in total. The fraction of sp³-hybridized carbons (Fsp3) is 1.00. The SMILES string of the molecule is CCCCCCCCCCCCCC.CCCCNCCO.O=S(=O)(O)O. The minimum Gasteiger partial charge on any atom is -0.395 e. The summed E-state index contributed by atoms with van der Waals surface area (Å²) in [6.07, 6.45) is 19.9. The lowest BCUT2D eigenvalue weighted by Gasteiger charge is -2.01. The normalized spacial score (nSPS) is 10.6. The van der Waals surface area contributed by atoms with Gasteiger partial charge in [-0.05, 0) is 13.0 Å². The largest absolute Gasteiger partial charge is 0.395 e. The monoisotopic (exact) mass is 413 g/mol. The fourth-order valence-corrected chi connectivity index (χ4v) is 2.42. The molecule has 0 fully saturated rings. The van der Waals surface area contributed by atoms with Crippen molar-refractivity contribution in [3.05, 3.63) is 0 Å². The van der Waals surface area contributed by atoms with Gasteiger partial charge in [0.2, 0.25) is 0 Å². The van der Waals surface area contributed by atoms with Gasteiger partial charge in [-0.15, -0.1) is 0 Å². The van der Waals surface area contributed by atoms with E-state index in [0.29, 0.717) is 0 Å². The quantitative estimate of drug-likeness (QED) is 0.199. The third-order valence-electron chi connectivity index (χ3n) is 3.95. The van der Waals surface area contributed by atoms with Crippen LogP contribution in [0.25, 0.3) is 0 Å². The number of hydrogen-bond donors (Lipinski definition) is 4. The topological polar surface area (TPSA) is 107 Å². The molecule has 0 aliphatic carbocycles. The van der Waals surface area contributed by atoms with E-state index < -0.39 is 10.4 Å². The highest BCUT2D eigenvalue weighted by atomic mass is 32.3. The Morgan fingerprint density at radius 2 is 0.889 bits per heavy atom. The number of rotatable bonds is 16. The molecule has 168 valence electrons. The summed E-state index contributed by atoms with van der Waals surface area (Å²) in [6.45, 7) is 8.75. The summed E-state index contributed by atoms with van der Waals surface area (Å²) < 4.78 is 31.6. The van der Waals surface area contributed by atoms with Crippen LogP contribution >= 0.6 is 0 Å². The van der Waals surface area contributed by atoms with Crippen LogP contribution in [-0.2, 0) is 10.4 Å². The maximum absolute atomic E-state index is 8.74. The second-order valence-electron chi connectivity index (χ2n) is 6.81. The molecule has 0 rings (SSSR count). The number of unbranched alkanes of at least 4 members (excludes halogenated alkanes) is 12. The molecule has 0 saturated carbocycles. The van der Waals surface area contributed by atoms with Crippen molar-refractivity contribution in [1.29, 1.82) is 0 Å². The van der Waals surface area contributed by atoms with Gasteiger partial charge in [-0.2, -0.15) is 8.42 Å². The number of nitrogens with one attached hydrogen (secondary N) is 1. The molecular weight excluding hydrogens is 366 g/mol. The Balaban J connectivity index is -0.000000372. The van der Waals surface area contributed by atoms with Crippen molar-refractivity contribution in [2.75, 3.05) is 19.7 Å². The Labute approximate surface area is 169 Å². The van der Waals surface area contributed by atoms with Crippen molar-refractivity contribution in [1.82, 2.24) is 5.32 Å². The third-order valence-corrected chi connectivity index (χ3v) is 3.95. The van der Waals surface area contributed by atoms with E-state index in [1.807, 2.05) is 0 Å². The molecule has 0 aliphatic rings. The maximum atomic E-state index is 8.74. The Morgan fingerprint density at radius 3 is 1.15 bits per heavy atom.